The Balaban J connectivity index is 1.69. The average molecular weight is 268 g/mol. The number of amides is 1. The Bertz CT molecular complexity index is 466. The lowest BCUT2D eigenvalue weighted by molar-refractivity contribution is -0.156. The van der Waals surface area contributed by atoms with Crippen LogP contribution in [0.3, 0.4) is 0 Å². The van der Waals surface area contributed by atoms with Gasteiger partial charge in [-0.1, -0.05) is 0 Å². The summed E-state index contributed by atoms with van der Waals surface area (Å²) in [4.78, 5) is 23.0. The highest BCUT2D eigenvalue weighted by Gasteiger charge is 2.27. The molecule has 1 fully saturated rings. The second-order valence-electron chi connectivity index (χ2n) is 4.48. The molecular weight excluding hydrogens is 252 g/mol. The van der Waals surface area contributed by atoms with E-state index in [4.69, 9.17) is 14.0 Å². The molecule has 104 valence electrons. The minimum absolute atomic E-state index is 0.213. The van der Waals surface area contributed by atoms with Crippen molar-refractivity contribution in [2.75, 3.05) is 6.61 Å². The fraction of sp³-hybridized carbons (Fsp3) is 0.583. The van der Waals surface area contributed by atoms with Crippen LogP contribution in [-0.4, -0.2) is 35.8 Å². The maximum absolute atomic E-state index is 11.6. The number of nitrogens with zero attached hydrogens (tertiary/aromatic N) is 1. The molecule has 0 radical (unpaired) electrons. The van der Waals surface area contributed by atoms with E-state index in [2.05, 4.69) is 10.5 Å². The summed E-state index contributed by atoms with van der Waals surface area (Å²) in [5, 5.41) is 6.32. The van der Waals surface area contributed by atoms with Crippen molar-refractivity contribution in [3.05, 3.63) is 11.8 Å². The number of carbonyl (C=O) groups excluding carboxylic acids is 2. The van der Waals surface area contributed by atoms with Crippen LogP contribution < -0.4 is 10.1 Å². The van der Waals surface area contributed by atoms with Crippen LogP contribution in [-0.2, 0) is 14.3 Å². The molecule has 2 rings (SSSR count). The van der Waals surface area contributed by atoms with Gasteiger partial charge in [-0.3, -0.25) is 4.79 Å². The van der Waals surface area contributed by atoms with Gasteiger partial charge in [-0.05, 0) is 31.8 Å². The maximum Gasteiger partial charge on any atom is 0.345 e. The molecule has 1 aromatic heterocycles. The van der Waals surface area contributed by atoms with E-state index in [1.165, 1.54) is 6.92 Å². The molecule has 1 aliphatic carbocycles. The van der Waals surface area contributed by atoms with Crippen LogP contribution in [0.1, 0.15) is 25.5 Å². The van der Waals surface area contributed by atoms with Crippen molar-refractivity contribution >= 4 is 11.9 Å². The van der Waals surface area contributed by atoms with E-state index >= 15 is 0 Å². The third-order valence-corrected chi connectivity index (χ3v) is 2.55. The highest BCUT2D eigenvalue weighted by atomic mass is 16.6. The van der Waals surface area contributed by atoms with Crippen molar-refractivity contribution in [2.45, 2.75) is 38.8 Å². The van der Waals surface area contributed by atoms with Crippen molar-refractivity contribution in [3.8, 4) is 5.88 Å². The van der Waals surface area contributed by atoms with Gasteiger partial charge in [0.1, 0.15) is 5.76 Å². The normalized spacial score (nSPS) is 15.7. The second kappa shape index (κ2) is 5.73. The summed E-state index contributed by atoms with van der Waals surface area (Å²) < 4.78 is 14.8. The fourth-order valence-electron chi connectivity index (χ4n) is 1.38. The quantitative estimate of drug-likeness (QED) is 0.758. The summed E-state index contributed by atoms with van der Waals surface area (Å²) in [5.41, 5.74) is 0. The summed E-state index contributed by atoms with van der Waals surface area (Å²) in [6.07, 6.45) is 1.15. The van der Waals surface area contributed by atoms with Crippen molar-refractivity contribution in [1.82, 2.24) is 10.5 Å². The van der Waals surface area contributed by atoms with Gasteiger partial charge in [0.2, 0.25) is 0 Å². The minimum Gasteiger partial charge on any atom is -0.463 e. The molecule has 0 unspecified atom stereocenters. The van der Waals surface area contributed by atoms with Crippen LogP contribution in [0.5, 0.6) is 5.88 Å². The summed E-state index contributed by atoms with van der Waals surface area (Å²) in [6.45, 7) is 2.92. The first-order chi connectivity index (χ1) is 9.04. The molecule has 7 nitrogen and oxygen atoms in total. The Morgan fingerprint density at radius 1 is 1.58 bits per heavy atom. The molecule has 1 aliphatic rings. The van der Waals surface area contributed by atoms with Crippen LogP contribution in [0.2, 0.25) is 0 Å². The topological polar surface area (TPSA) is 90.7 Å². The van der Waals surface area contributed by atoms with Gasteiger partial charge in [0, 0.05) is 12.1 Å². The van der Waals surface area contributed by atoms with E-state index in [0.717, 1.165) is 12.8 Å². The van der Waals surface area contributed by atoms with Gasteiger partial charge in [0.05, 0.1) is 0 Å². The molecule has 19 heavy (non-hydrogen) atoms. The van der Waals surface area contributed by atoms with Crippen molar-refractivity contribution in [3.63, 3.8) is 0 Å². The molecule has 1 saturated carbocycles. The van der Waals surface area contributed by atoms with Crippen LogP contribution in [0.25, 0.3) is 0 Å². The predicted octanol–water partition coefficient (Wildman–Crippen LogP) is 0.572. The molecule has 1 heterocycles. The van der Waals surface area contributed by atoms with Gasteiger partial charge in [-0.2, -0.15) is 0 Å². The molecule has 0 saturated heterocycles. The first-order valence-corrected chi connectivity index (χ1v) is 6.10. The largest absolute Gasteiger partial charge is 0.463 e. The van der Waals surface area contributed by atoms with Gasteiger partial charge in [-0.25, -0.2) is 4.79 Å². The monoisotopic (exact) mass is 268 g/mol. The van der Waals surface area contributed by atoms with E-state index in [1.807, 2.05) is 0 Å². The number of aromatic nitrogens is 1. The Labute approximate surface area is 110 Å². The molecular formula is C12H16N2O5. The lowest BCUT2D eigenvalue weighted by Crippen LogP contribution is -2.37. The zero-order valence-electron chi connectivity index (χ0n) is 10.8. The van der Waals surface area contributed by atoms with E-state index < -0.39 is 12.1 Å². The standard InChI is InChI=1S/C12H16N2O5/c1-7-5-10(14-19-7)17-6-11(15)18-8(2)12(16)13-9-3-4-9/h5,8-9H,3-4,6H2,1-2H3,(H,13,16)/t8-/m1/s1. The molecule has 1 aromatic rings. The molecule has 7 heteroatoms. The van der Waals surface area contributed by atoms with E-state index in [-0.39, 0.29) is 24.4 Å². The number of hydrogen-bond acceptors (Lipinski definition) is 6. The zero-order valence-corrected chi connectivity index (χ0v) is 10.8. The molecule has 1 amide bonds. The summed E-state index contributed by atoms with van der Waals surface area (Å²) in [5.74, 6) is -0.114. The molecule has 1 atom stereocenters. The fourth-order valence-corrected chi connectivity index (χ4v) is 1.38. The SMILES string of the molecule is Cc1cc(OCC(=O)O[C@H](C)C(=O)NC2CC2)no1. The molecule has 0 aliphatic heterocycles. The van der Waals surface area contributed by atoms with Gasteiger partial charge < -0.3 is 19.3 Å². The van der Waals surface area contributed by atoms with Crippen LogP contribution in [0.4, 0.5) is 0 Å². The lowest BCUT2D eigenvalue weighted by Gasteiger charge is -2.12. The number of hydrogen-bond donors (Lipinski definition) is 1. The van der Waals surface area contributed by atoms with Crippen molar-refractivity contribution in [2.24, 2.45) is 0 Å². The summed E-state index contributed by atoms with van der Waals surface area (Å²) in [7, 11) is 0. The minimum atomic E-state index is -0.823. The Kier molecular flexibility index (Phi) is 4.03. The molecule has 0 spiro atoms. The van der Waals surface area contributed by atoms with Crippen LogP contribution >= 0.6 is 0 Å². The summed E-state index contributed by atoms with van der Waals surface area (Å²) >= 11 is 0. The summed E-state index contributed by atoms with van der Waals surface area (Å²) in [6, 6.07) is 1.79. The average Bonchev–Trinajstić information content (AvgIpc) is 3.07. The third-order valence-electron chi connectivity index (χ3n) is 2.55. The van der Waals surface area contributed by atoms with Crippen LogP contribution in [0.15, 0.2) is 10.6 Å². The zero-order chi connectivity index (χ0) is 13.8. The molecule has 0 aromatic carbocycles. The number of carbonyl (C=O) groups is 2. The molecule has 0 bridgehead atoms. The third kappa shape index (κ3) is 4.27. The maximum atomic E-state index is 11.6. The highest BCUT2D eigenvalue weighted by Crippen LogP contribution is 2.18. The Morgan fingerprint density at radius 2 is 2.32 bits per heavy atom. The Hall–Kier alpha value is -2.05. The van der Waals surface area contributed by atoms with E-state index in [9.17, 15) is 9.59 Å². The highest BCUT2D eigenvalue weighted by molar-refractivity contribution is 5.84. The Morgan fingerprint density at radius 3 is 2.89 bits per heavy atom. The number of esters is 1. The van der Waals surface area contributed by atoms with Gasteiger partial charge in [-0.15, -0.1) is 0 Å². The number of rotatable bonds is 6. The number of ether oxygens (including phenoxy) is 2. The second-order valence-corrected chi connectivity index (χ2v) is 4.48. The first-order valence-electron chi connectivity index (χ1n) is 6.10. The van der Waals surface area contributed by atoms with Crippen molar-refractivity contribution < 1.29 is 23.6 Å². The van der Waals surface area contributed by atoms with Gasteiger partial charge in [0.15, 0.2) is 12.7 Å². The lowest BCUT2D eigenvalue weighted by atomic mass is 10.3. The van der Waals surface area contributed by atoms with Crippen molar-refractivity contribution in [1.29, 1.82) is 0 Å². The van der Waals surface area contributed by atoms with Gasteiger partial charge >= 0.3 is 5.97 Å². The predicted molar refractivity (Wildman–Crippen MR) is 63.5 cm³/mol. The van der Waals surface area contributed by atoms with E-state index in [1.54, 1.807) is 13.0 Å². The number of nitrogens with one attached hydrogen (secondary N) is 1. The first kappa shape index (κ1) is 13.4. The van der Waals surface area contributed by atoms with Gasteiger partial charge in [0.25, 0.3) is 11.8 Å². The van der Waals surface area contributed by atoms with Crippen LogP contribution in [0, 0.1) is 6.92 Å². The smallest absolute Gasteiger partial charge is 0.345 e. The molecule has 1 N–H and O–H groups in total. The van der Waals surface area contributed by atoms with E-state index in [0.29, 0.717) is 5.76 Å². The number of aryl methyl sites for hydroxylation is 1.